The molecular formula is C25H26N4O2S. The highest BCUT2D eigenvalue weighted by molar-refractivity contribution is 7.99. The molecule has 164 valence electrons. The first-order valence-corrected chi connectivity index (χ1v) is 11.4. The number of para-hydroxylation sites is 1. The molecule has 2 aromatic carbocycles. The van der Waals surface area contributed by atoms with E-state index in [1.807, 2.05) is 37.4 Å². The molecule has 1 saturated heterocycles. The van der Waals surface area contributed by atoms with Crippen LogP contribution in [-0.4, -0.2) is 42.2 Å². The largest absolute Gasteiger partial charge is 0.378 e. The molecule has 6 nitrogen and oxygen atoms in total. The fraction of sp³-hybridized carbons (Fsp3) is 0.240. The van der Waals surface area contributed by atoms with E-state index in [9.17, 15) is 4.79 Å². The highest BCUT2D eigenvalue weighted by Crippen LogP contribution is 2.30. The zero-order valence-electron chi connectivity index (χ0n) is 18.1. The van der Waals surface area contributed by atoms with Gasteiger partial charge in [0.05, 0.1) is 13.2 Å². The molecule has 0 atom stereocenters. The first-order valence-electron chi connectivity index (χ1n) is 10.6. The van der Waals surface area contributed by atoms with Crippen LogP contribution in [0.4, 0.5) is 11.4 Å². The van der Waals surface area contributed by atoms with Gasteiger partial charge in [0, 0.05) is 42.0 Å². The Labute approximate surface area is 192 Å². The Balaban J connectivity index is 1.50. The number of ether oxygens (including phenoxy) is 1. The van der Waals surface area contributed by atoms with Crippen molar-refractivity contribution >= 4 is 29.0 Å². The normalized spacial score (nSPS) is 13.6. The van der Waals surface area contributed by atoms with Crippen molar-refractivity contribution in [2.45, 2.75) is 23.3 Å². The average Bonchev–Trinajstić information content (AvgIpc) is 2.83. The third kappa shape index (κ3) is 5.55. The summed E-state index contributed by atoms with van der Waals surface area (Å²) in [5.41, 5.74) is 4.21. The number of amides is 1. The molecule has 0 spiro atoms. The number of nitrogens with zero attached hydrogens (tertiary/aromatic N) is 3. The zero-order chi connectivity index (χ0) is 22.3. The van der Waals surface area contributed by atoms with Gasteiger partial charge in [0.25, 0.3) is 0 Å². The minimum absolute atomic E-state index is 0.223. The van der Waals surface area contributed by atoms with Crippen LogP contribution in [-0.2, 0) is 16.0 Å². The molecule has 0 saturated carbocycles. The molecule has 2 heterocycles. The standard InChI is InChI=1S/C25H26N4O2S/c1-3-24(30)27-20-8-10-21(11-9-20)32-25-18(2)17-26-23(28-25)16-19-6-4-5-7-22(19)29-12-14-31-15-13-29/h3-11,17H,1,12-16H2,2H3,(H,27,30). The minimum atomic E-state index is -0.223. The van der Waals surface area contributed by atoms with E-state index < -0.39 is 0 Å². The van der Waals surface area contributed by atoms with Crippen molar-refractivity contribution in [3.05, 3.63) is 84.3 Å². The van der Waals surface area contributed by atoms with E-state index in [1.54, 1.807) is 11.8 Å². The Hall–Kier alpha value is -3.16. The van der Waals surface area contributed by atoms with Crippen LogP contribution in [0.2, 0.25) is 0 Å². The summed E-state index contributed by atoms with van der Waals surface area (Å²) >= 11 is 1.59. The van der Waals surface area contributed by atoms with Crippen LogP contribution < -0.4 is 10.2 Å². The van der Waals surface area contributed by atoms with E-state index in [2.05, 4.69) is 46.0 Å². The molecule has 4 rings (SSSR count). The molecule has 1 aliphatic rings. The minimum Gasteiger partial charge on any atom is -0.378 e. The zero-order valence-corrected chi connectivity index (χ0v) is 18.9. The van der Waals surface area contributed by atoms with Crippen LogP contribution in [0.3, 0.4) is 0 Å². The molecule has 1 amide bonds. The lowest BCUT2D eigenvalue weighted by atomic mass is 10.1. The number of benzene rings is 2. The smallest absolute Gasteiger partial charge is 0.247 e. The summed E-state index contributed by atoms with van der Waals surface area (Å²) in [4.78, 5) is 24.3. The van der Waals surface area contributed by atoms with E-state index in [4.69, 9.17) is 9.72 Å². The summed E-state index contributed by atoms with van der Waals surface area (Å²) in [5.74, 6) is 0.577. The predicted octanol–water partition coefficient (Wildman–Crippen LogP) is 4.49. The number of morpholine rings is 1. The van der Waals surface area contributed by atoms with Crippen LogP contribution in [0.1, 0.15) is 17.0 Å². The molecule has 1 fully saturated rings. The third-order valence-corrected chi connectivity index (χ3v) is 6.30. The number of carbonyl (C=O) groups is 1. The van der Waals surface area contributed by atoms with Gasteiger partial charge in [0.1, 0.15) is 10.9 Å². The second-order valence-electron chi connectivity index (χ2n) is 7.50. The van der Waals surface area contributed by atoms with Crippen molar-refractivity contribution in [3.63, 3.8) is 0 Å². The molecule has 0 bridgehead atoms. The molecule has 7 heteroatoms. The van der Waals surface area contributed by atoms with Gasteiger partial charge in [-0.05, 0) is 54.5 Å². The summed E-state index contributed by atoms with van der Waals surface area (Å²) in [6.45, 7) is 8.80. The van der Waals surface area contributed by atoms with Crippen molar-refractivity contribution in [2.24, 2.45) is 0 Å². The van der Waals surface area contributed by atoms with Gasteiger partial charge in [-0.3, -0.25) is 4.79 Å². The van der Waals surface area contributed by atoms with Gasteiger partial charge in [-0.1, -0.05) is 36.5 Å². The van der Waals surface area contributed by atoms with E-state index in [0.717, 1.165) is 53.3 Å². The molecule has 0 radical (unpaired) electrons. The van der Waals surface area contributed by atoms with Gasteiger partial charge in [-0.2, -0.15) is 0 Å². The van der Waals surface area contributed by atoms with Crippen molar-refractivity contribution in [2.75, 3.05) is 36.5 Å². The van der Waals surface area contributed by atoms with Gasteiger partial charge in [-0.15, -0.1) is 0 Å². The molecule has 32 heavy (non-hydrogen) atoms. The number of hydrogen-bond donors (Lipinski definition) is 1. The Kier molecular flexibility index (Phi) is 7.19. The number of nitrogens with one attached hydrogen (secondary N) is 1. The molecule has 0 aliphatic carbocycles. The SMILES string of the molecule is C=CC(=O)Nc1ccc(Sc2nc(Cc3ccccc3N3CCOCC3)ncc2C)cc1. The van der Waals surface area contributed by atoms with Crippen LogP contribution in [0.15, 0.2) is 77.3 Å². The van der Waals surface area contributed by atoms with Gasteiger partial charge in [0.15, 0.2) is 0 Å². The average molecular weight is 447 g/mol. The molecular weight excluding hydrogens is 420 g/mol. The summed E-state index contributed by atoms with van der Waals surface area (Å²) in [5, 5.41) is 3.69. The van der Waals surface area contributed by atoms with E-state index in [-0.39, 0.29) is 5.91 Å². The van der Waals surface area contributed by atoms with Gasteiger partial charge >= 0.3 is 0 Å². The summed E-state index contributed by atoms with van der Waals surface area (Å²) in [6.07, 6.45) is 3.82. The first kappa shape index (κ1) is 22.0. The maximum absolute atomic E-state index is 11.5. The van der Waals surface area contributed by atoms with Gasteiger partial charge in [-0.25, -0.2) is 9.97 Å². The van der Waals surface area contributed by atoms with Crippen LogP contribution >= 0.6 is 11.8 Å². The Morgan fingerprint density at radius 2 is 1.94 bits per heavy atom. The third-order valence-electron chi connectivity index (χ3n) is 5.19. The summed E-state index contributed by atoms with van der Waals surface area (Å²) < 4.78 is 5.50. The number of aromatic nitrogens is 2. The van der Waals surface area contributed by atoms with E-state index in [1.165, 1.54) is 17.3 Å². The molecule has 1 N–H and O–H groups in total. The maximum atomic E-state index is 11.5. The lowest BCUT2D eigenvalue weighted by Crippen LogP contribution is -2.36. The highest BCUT2D eigenvalue weighted by Gasteiger charge is 2.16. The first-order chi connectivity index (χ1) is 15.6. The number of rotatable bonds is 7. The summed E-state index contributed by atoms with van der Waals surface area (Å²) in [7, 11) is 0. The van der Waals surface area contributed by atoms with E-state index >= 15 is 0 Å². The molecule has 0 unspecified atom stereocenters. The van der Waals surface area contributed by atoms with Crippen LogP contribution in [0, 0.1) is 6.92 Å². The van der Waals surface area contributed by atoms with Crippen LogP contribution in [0.5, 0.6) is 0 Å². The monoisotopic (exact) mass is 446 g/mol. The fourth-order valence-corrected chi connectivity index (χ4v) is 4.36. The number of aryl methyl sites for hydroxylation is 1. The molecule has 1 aromatic heterocycles. The number of carbonyl (C=O) groups excluding carboxylic acids is 1. The fourth-order valence-electron chi connectivity index (χ4n) is 3.50. The lowest BCUT2D eigenvalue weighted by molar-refractivity contribution is -0.111. The second-order valence-corrected chi connectivity index (χ2v) is 8.56. The topological polar surface area (TPSA) is 67.4 Å². The van der Waals surface area contributed by atoms with Crippen molar-refractivity contribution < 1.29 is 9.53 Å². The molecule has 1 aliphatic heterocycles. The Morgan fingerprint density at radius 1 is 1.19 bits per heavy atom. The van der Waals surface area contributed by atoms with Gasteiger partial charge in [0.2, 0.25) is 5.91 Å². The van der Waals surface area contributed by atoms with Crippen molar-refractivity contribution in [1.82, 2.24) is 9.97 Å². The van der Waals surface area contributed by atoms with Gasteiger partial charge < -0.3 is 15.0 Å². The quantitative estimate of drug-likeness (QED) is 0.426. The Bertz CT molecular complexity index is 1100. The lowest BCUT2D eigenvalue weighted by Gasteiger charge is -2.30. The Morgan fingerprint density at radius 3 is 2.69 bits per heavy atom. The van der Waals surface area contributed by atoms with Crippen molar-refractivity contribution in [1.29, 1.82) is 0 Å². The second kappa shape index (κ2) is 10.4. The molecule has 3 aromatic rings. The number of hydrogen-bond acceptors (Lipinski definition) is 6. The van der Waals surface area contributed by atoms with E-state index in [0.29, 0.717) is 6.42 Å². The predicted molar refractivity (Wildman–Crippen MR) is 128 cm³/mol. The van der Waals surface area contributed by atoms with Crippen LogP contribution in [0.25, 0.3) is 0 Å². The highest BCUT2D eigenvalue weighted by atomic mass is 32.2. The number of anilines is 2. The summed E-state index contributed by atoms with van der Waals surface area (Å²) in [6, 6.07) is 16.1. The maximum Gasteiger partial charge on any atom is 0.247 e. The van der Waals surface area contributed by atoms with Crippen molar-refractivity contribution in [3.8, 4) is 0 Å².